The van der Waals surface area contributed by atoms with Crippen LogP contribution in [0.2, 0.25) is 0 Å². The number of carbonyl (C=O) groups excluding carboxylic acids is 2. The van der Waals surface area contributed by atoms with Gasteiger partial charge in [0.05, 0.1) is 0 Å². The van der Waals surface area contributed by atoms with Gasteiger partial charge in [0, 0.05) is 0 Å². The Bertz CT molecular complexity index is 313. The van der Waals surface area contributed by atoms with Crippen LogP contribution in [0.15, 0.2) is 30.3 Å². The number of rotatable bonds is 0. The van der Waals surface area contributed by atoms with Gasteiger partial charge in [-0.3, -0.25) is 9.59 Å². The van der Waals surface area contributed by atoms with E-state index in [2.05, 4.69) is 66.0 Å². The molecule has 78 valence electrons. The Morgan fingerprint density at radius 3 is 2.13 bits per heavy atom. The Labute approximate surface area is 104 Å². The molecule has 1 aromatic carbocycles. The zero-order valence-corrected chi connectivity index (χ0v) is 9.45. The summed E-state index contributed by atoms with van der Waals surface area (Å²) in [5.74, 6) is 0. The molecular formula is C11H7ClFeO2. The van der Waals surface area contributed by atoms with Gasteiger partial charge in [-0.05, 0) is 0 Å². The van der Waals surface area contributed by atoms with E-state index in [9.17, 15) is 0 Å². The fourth-order valence-electron chi connectivity index (χ4n) is 1.20. The molecule has 0 aliphatic heterocycles. The molecule has 2 rings (SSSR count). The fourth-order valence-corrected chi connectivity index (χ4v) is 1.59. The standard InChI is InChI=1S/C9H7.2CO.ClH.Fe/c1-2-5-9-7-3-6-8(9)4-1;2*1-2;;/h1-7H;;;1H;/q;;;;+1/p-1. The van der Waals surface area contributed by atoms with Crippen LogP contribution < -0.4 is 12.4 Å². The van der Waals surface area contributed by atoms with Crippen LogP contribution in [-0.4, -0.2) is 13.6 Å². The van der Waals surface area contributed by atoms with Gasteiger partial charge in [-0.2, -0.15) is 0 Å². The maximum absolute atomic E-state index is 7.50. The molecule has 2 nitrogen and oxygen atoms in total. The molecule has 0 aromatic heterocycles. The number of halogens is 1. The SMILES string of the molecule is [C]=O.[C]=O.[Cl-].[Fe+][CH]1C=Cc2ccccc21. The summed E-state index contributed by atoms with van der Waals surface area (Å²) < 4.78 is 0. The first-order valence-corrected chi connectivity index (χ1v) is 4.32. The zero-order chi connectivity index (χ0) is 11.0. The third-order valence-corrected chi connectivity index (χ3v) is 2.28. The Hall–Kier alpha value is -0.891. The van der Waals surface area contributed by atoms with E-state index in [1.54, 1.807) is 0 Å². The van der Waals surface area contributed by atoms with Crippen LogP contribution in [0, 0.1) is 0 Å². The predicted octanol–water partition coefficient (Wildman–Crippen LogP) is -1.49. The van der Waals surface area contributed by atoms with E-state index in [1.165, 1.54) is 11.1 Å². The van der Waals surface area contributed by atoms with Crippen LogP contribution in [0.5, 0.6) is 0 Å². The maximum atomic E-state index is 7.50. The van der Waals surface area contributed by atoms with E-state index < -0.39 is 0 Å². The molecule has 1 aliphatic rings. The van der Waals surface area contributed by atoms with E-state index in [1.807, 2.05) is 0 Å². The quantitative estimate of drug-likeness (QED) is 0.534. The van der Waals surface area contributed by atoms with Gasteiger partial charge in [-0.1, -0.05) is 0 Å². The van der Waals surface area contributed by atoms with Gasteiger partial charge in [-0.15, -0.1) is 0 Å². The molecule has 0 saturated heterocycles. The van der Waals surface area contributed by atoms with Crippen molar-refractivity contribution in [3.05, 3.63) is 41.5 Å². The summed E-state index contributed by atoms with van der Waals surface area (Å²) in [6.07, 6.45) is 4.26. The van der Waals surface area contributed by atoms with E-state index >= 15 is 0 Å². The van der Waals surface area contributed by atoms with Crippen LogP contribution in [0.3, 0.4) is 0 Å². The predicted molar refractivity (Wildman–Crippen MR) is 49.6 cm³/mol. The van der Waals surface area contributed by atoms with Crippen molar-refractivity contribution >= 4 is 19.7 Å². The Balaban J connectivity index is 0. The molecule has 4 heteroatoms. The van der Waals surface area contributed by atoms with Crippen molar-refractivity contribution in [3.63, 3.8) is 0 Å². The van der Waals surface area contributed by atoms with Crippen molar-refractivity contribution in [1.82, 2.24) is 0 Å². The van der Waals surface area contributed by atoms with Gasteiger partial charge < -0.3 is 12.4 Å². The second kappa shape index (κ2) is 9.66. The molecule has 0 fully saturated rings. The van der Waals surface area contributed by atoms with Gasteiger partial charge in [0.1, 0.15) is 0 Å². The van der Waals surface area contributed by atoms with Crippen molar-refractivity contribution in [3.8, 4) is 0 Å². The number of hydrogen-bond donors (Lipinski definition) is 0. The third kappa shape index (κ3) is 4.43. The van der Waals surface area contributed by atoms with Crippen LogP contribution in [0.25, 0.3) is 6.08 Å². The molecule has 0 spiro atoms. The summed E-state index contributed by atoms with van der Waals surface area (Å²) in [6, 6.07) is 8.37. The first kappa shape index (κ1) is 16.5. The molecule has 15 heavy (non-hydrogen) atoms. The summed E-state index contributed by atoms with van der Waals surface area (Å²) >= 11 is 3.99. The van der Waals surface area contributed by atoms with Crippen LogP contribution >= 0.6 is 0 Å². The molecule has 1 unspecified atom stereocenters. The second-order valence-electron chi connectivity index (χ2n) is 2.37. The monoisotopic (exact) mass is 262 g/mol. The van der Waals surface area contributed by atoms with Gasteiger partial charge in [0.25, 0.3) is 13.6 Å². The minimum absolute atomic E-state index is 0. The number of hydrogen-bond acceptors (Lipinski definition) is 2. The van der Waals surface area contributed by atoms with Gasteiger partial charge >= 0.3 is 68.4 Å². The number of fused-ring (bicyclic) bond motifs is 1. The number of benzene rings is 1. The van der Waals surface area contributed by atoms with Crippen LogP contribution in [-0.2, 0) is 25.6 Å². The van der Waals surface area contributed by atoms with Gasteiger partial charge in [0.15, 0.2) is 0 Å². The Morgan fingerprint density at radius 1 is 1.07 bits per heavy atom. The van der Waals surface area contributed by atoms with Crippen LogP contribution in [0.4, 0.5) is 0 Å². The molecule has 4 radical (unpaired) electrons. The topological polar surface area (TPSA) is 34.1 Å². The van der Waals surface area contributed by atoms with Crippen molar-refractivity contribution in [2.45, 2.75) is 4.82 Å². The first-order valence-electron chi connectivity index (χ1n) is 3.68. The van der Waals surface area contributed by atoms with Crippen molar-refractivity contribution in [2.24, 2.45) is 0 Å². The summed E-state index contributed by atoms with van der Waals surface area (Å²) in [6.45, 7) is 9.00. The summed E-state index contributed by atoms with van der Waals surface area (Å²) in [5, 5.41) is 0. The molecule has 0 amide bonds. The van der Waals surface area contributed by atoms with E-state index in [0.717, 1.165) is 0 Å². The summed E-state index contributed by atoms with van der Waals surface area (Å²) in [5.41, 5.74) is 2.67. The van der Waals surface area contributed by atoms with Crippen molar-refractivity contribution in [1.29, 1.82) is 0 Å². The zero-order valence-electron chi connectivity index (χ0n) is 7.59. The number of allylic oxidation sites excluding steroid dienone is 1. The molecule has 0 saturated carbocycles. The van der Waals surface area contributed by atoms with E-state index in [4.69, 9.17) is 9.59 Å². The third-order valence-electron chi connectivity index (χ3n) is 1.73. The van der Waals surface area contributed by atoms with Crippen molar-refractivity contribution < 1.29 is 38.0 Å². The molecular weight excluding hydrogens is 255 g/mol. The summed E-state index contributed by atoms with van der Waals surface area (Å²) in [7, 11) is 0. The van der Waals surface area contributed by atoms with Crippen LogP contribution in [0.1, 0.15) is 15.9 Å². The molecule has 0 N–H and O–H groups in total. The first-order chi connectivity index (χ1) is 6.88. The minimum atomic E-state index is 0. The molecule has 0 heterocycles. The normalized spacial score (nSPS) is 14.6. The van der Waals surface area contributed by atoms with E-state index in [0.29, 0.717) is 4.82 Å². The Kier molecular flexibility index (Phi) is 10.6. The van der Waals surface area contributed by atoms with Crippen molar-refractivity contribution in [2.75, 3.05) is 0 Å². The molecule has 1 aromatic rings. The summed E-state index contributed by atoms with van der Waals surface area (Å²) in [4.78, 5) is 15.4. The molecule has 1 atom stereocenters. The average molecular weight is 262 g/mol. The van der Waals surface area contributed by atoms with Gasteiger partial charge in [-0.25, -0.2) is 0 Å². The fraction of sp³-hybridized carbons (Fsp3) is 0.0909. The van der Waals surface area contributed by atoms with Gasteiger partial charge in [0.2, 0.25) is 0 Å². The Morgan fingerprint density at radius 2 is 1.60 bits per heavy atom. The second-order valence-corrected chi connectivity index (χ2v) is 3.06. The molecule has 1 aliphatic carbocycles. The molecule has 0 bridgehead atoms. The average Bonchev–Trinajstić information content (AvgIpc) is 2.67. The van der Waals surface area contributed by atoms with E-state index in [-0.39, 0.29) is 12.4 Å².